The summed E-state index contributed by atoms with van der Waals surface area (Å²) in [5.74, 6) is 0. The van der Waals surface area contributed by atoms with E-state index in [1.807, 2.05) is 26.2 Å². The van der Waals surface area contributed by atoms with E-state index in [0.717, 1.165) is 5.69 Å². The molecule has 0 aliphatic rings. The molecule has 0 atom stereocenters. The monoisotopic (exact) mass is 214 g/mol. The zero-order valence-corrected chi connectivity index (χ0v) is 9.35. The van der Waals surface area contributed by atoms with E-state index >= 15 is 0 Å². The molecule has 0 aliphatic heterocycles. The molecule has 1 aromatic heterocycles. The number of ether oxygens (including phenoxy) is 1. The number of hydrogen-bond acceptors (Lipinski definition) is 4. The number of nitrogens with zero attached hydrogens (tertiary/aromatic N) is 1. The fraction of sp³-hybridized carbons (Fsp3) is 0.556. The second kappa shape index (κ2) is 4.41. The van der Waals surface area contributed by atoms with E-state index < -0.39 is 11.7 Å². The predicted molar refractivity (Wildman–Crippen MR) is 55.2 cm³/mol. The van der Waals surface area contributed by atoms with Crippen LogP contribution in [0.5, 0.6) is 0 Å². The molecule has 1 heterocycles. The van der Waals surface area contributed by atoms with Crippen molar-refractivity contribution in [2.75, 3.05) is 0 Å². The van der Waals surface area contributed by atoms with Crippen molar-refractivity contribution in [1.29, 1.82) is 0 Å². The van der Waals surface area contributed by atoms with E-state index in [-0.39, 0.29) is 0 Å². The summed E-state index contributed by atoms with van der Waals surface area (Å²) in [5.41, 5.74) is 2.12. The maximum absolute atomic E-state index is 11.2. The molecule has 0 unspecified atom stereocenters. The molecule has 0 aliphatic carbocycles. The fourth-order valence-electron chi connectivity index (χ4n) is 0.802. The standard InChI is InChI=1S/C9H14N2O2S/c1-9(2,3)13-8(12)10-4-7-5-14-6-11-7/h5-6H,4H2,1-3H3,(H,10,12). The Hall–Kier alpha value is -1.10. The van der Waals surface area contributed by atoms with E-state index in [1.54, 1.807) is 5.51 Å². The van der Waals surface area contributed by atoms with Crippen molar-refractivity contribution in [1.82, 2.24) is 10.3 Å². The number of carbonyl (C=O) groups excluding carboxylic acids is 1. The van der Waals surface area contributed by atoms with Gasteiger partial charge in [-0.15, -0.1) is 11.3 Å². The third-order valence-electron chi connectivity index (χ3n) is 1.30. The van der Waals surface area contributed by atoms with Gasteiger partial charge in [-0.25, -0.2) is 9.78 Å². The fourth-order valence-corrected chi connectivity index (χ4v) is 1.36. The molecule has 78 valence electrons. The Morgan fingerprint density at radius 3 is 2.86 bits per heavy atom. The zero-order chi connectivity index (χ0) is 10.6. The third kappa shape index (κ3) is 4.23. The van der Waals surface area contributed by atoms with Gasteiger partial charge in [-0.3, -0.25) is 0 Å². The highest BCUT2D eigenvalue weighted by Crippen LogP contribution is 2.07. The Bertz CT molecular complexity index is 290. The highest BCUT2D eigenvalue weighted by atomic mass is 32.1. The van der Waals surface area contributed by atoms with Gasteiger partial charge < -0.3 is 10.1 Å². The molecule has 0 saturated heterocycles. The number of rotatable bonds is 2. The SMILES string of the molecule is CC(C)(C)OC(=O)NCc1cscn1. The molecule has 14 heavy (non-hydrogen) atoms. The third-order valence-corrected chi connectivity index (χ3v) is 1.93. The van der Waals surface area contributed by atoms with Gasteiger partial charge in [0.05, 0.1) is 17.7 Å². The van der Waals surface area contributed by atoms with Crippen LogP contribution < -0.4 is 5.32 Å². The molecule has 0 bridgehead atoms. The Morgan fingerprint density at radius 2 is 2.36 bits per heavy atom. The number of alkyl carbamates (subject to hydrolysis) is 1. The summed E-state index contributed by atoms with van der Waals surface area (Å²) in [6, 6.07) is 0. The van der Waals surface area contributed by atoms with Crippen LogP contribution in [0.4, 0.5) is 4.79 Å². The Labute approximate surface area is 87.3 Å². The minimum absolute atomic E-state index is 0.412. The number of thiazole rings is 1. The minimum Gasteiger partial charge on any atom is -0.444 e. The molecular formula is C9H14N2O2S. The lowest BCUT2D eigenvalue weighted by Crippen LogP contribution is -2.32. The maximum Gasteiger partial charge on any atom is 0.407 e. The summed E-state index contributed by atoms with van der Waals surface area (Å²) >= 11 is 1.50. The van der Waals surface area contributed by atoms with Crippen LogP contribution in [0.2, 0.25) is 0 Å². The second-order valence-corrected chi connectivity index (χ2v) is 4.55. The van der Waals surface area contributed by atoms with Crippen LogP contribution in [0, 0.1) is 0 Å². The molecule has 0 spiro atoms. The minimum atomic E-state index is -0.452. The number of hydrogen-bond donors (Lipinski definition) is 1. The van der Waals surface area contributed by atoms with Crippen LogP contribution in [-0.2, 0) is 11.3 Å². The van der Waals surface area contributed by atoms with Gasteiger partial charge in [-0.05, 0) is 20.8 Å². The normalized spacial score (nSPS) is 11.1. The number of nitrogens with one attached hydrogen (secondary N) is 1. The summed E-state index contributed by atoms with van der Waals surface area (Å²) in [4.78, 5) is 15.2. The molecule has 1 amide bonds. The van der Waals surface area contributed by atoms with Gasteiger partial charge >= 0.3 is 6.09 Å². The van der Waals surface area contributed by atoms with Crippen molar-refractivity contribution in [3.63, 3.8) is 0 Å². The summed E-state index contributed by atoms with van der Waals surface area (Å²) in [7, 11) is 0. The van der Waals surface area contributed by atoms with Crippen molar-refractivity contribution in [3.05, 3.63) is 16.6 Å². The quantitative estimate of drug-likeness (QED) is 0.820. The van der Waals surface area contributed by atoms with Crippen molar-refractivity contribution in [3.8, 4) is 0 Å². The Balaban J connectivity index is 2.29. The first kappa shape index (κ1) is 11.0. The predicted octanol–water partition coefficient (Wildman–Crippen LogP) is 2.17. The number of carbonyl (C=O) groups is 1. The molecule has 1 N–H and O–H groups in total. The smallest absolute Gasteiger partial charge is 0.407 e. The van der Waals surface area contributed by atoms with Gasteiger partial charge in [0.1, 0.15) is 5.60 Å². The maximum atomic E-state index is 11.2. The first-order chi connectivity index (χ1) is 6.47. The van der Waals surface area contributed by atoms with Crippen LogP contribution >= 0.6 is 11.3 Å². The van der Waals surface area contributed by atoms with Crippen molar-refractivity contribution in [2.24, 2.45) is 0 Å². The molecule has 1 rings (SSSR count). The van der Waals surface area contributed by atoms with Crippen LogP contribution in [0.25, 0.3) is 0 Å². The van der Waals surface area contributed by atoms with Gasteiger partial charge in [0.25, 0.3) is 0 Å². The van der Waals surface area contributed by atoms with E-state index in [4.69, 9.17) is 4.74 Å². The molecule has 0 aromatic carbocycles. The highest BCUT2D eigenvalue weighted by Gasteiger charge is 2.15. The van der Waals surface area contributed by atoms with E-state index in [2.05, 4.69) is 10.3 Å². The summed E-state index contributed by atoms with van der Waals surface area (Å²) in [5, 5.41) is 4.51. The van der Waals surface area contributed by atoms with Crippen molar-refractivity contribution < 1.29 is 9.53 Å². The summed E-state index contributed by atoms with van der Waals surface area (Å²) < 4.78 is 5.06. The Kier molecular flexibility index (Phi) is 3.46. The molecular weight excluding hydrogens is 200 g/mol. The van der Waals surface area contributed by atoms with Gasteiger partial charge in [-0.1, -0.05) is 0 Å². The zero-order valence-electron chi connectivity index (χ0n) is 8.53. The van der Waals surface area contributed by atoms with Crippen LogP contribution in [0.1, 0.15) is 26.5 Å². The number of aromatic nitrogens is 1. The van der Waals surface area contributed by atoms with Crippen LogP contribution in [0.15, 0.2) is 10.9 Å². The van der Waals surface area contributed by atoms with Gasteiger partial charge in [-0.2, -0.15) is 0 Å². The van der Waals surface area contributed by atoms with Crippen LogP contribution in [-0.4, -0.2) is 16.7 Å². The molecule has 4 nitrogen and oxygen atoms in total. The summed E-state index contributed by atoms with van der Waals surface area (Å²) in [6.45, 7) is 5.90. The molecule has 1 aromatic rings. The molecule has 0 radical (unpaired) electrons. The lowest BCUT2D eigenvalue weighted by Gasteiger charge is -2.19. The largest absolute Gasteiger partial charge is 0.444 e. The molecule has 0 saturated carbocycles. The van der Waals surface area contributed by atoms with Crippen molar-refractivity contribution in [2.45, 2.75) is 32.9 Å². The van der Waals surface area contributed by atoms with E-state index in [1.165, 1.54) is 11.3 Å². The second-order valence-electron chi connectivity index (χ2n) is 3.84. The first-order valence-corrected chi connectivity index (χ1v) is 5.25. The topological polar surface area (TPSA) is 51.2 Å². The molecule has 0 fully saturated rings. The average molecular weight is 214 g/mol. The first-order valence-electron chi connectivity index (χ1n) is 4.31. The van der Waals surface area contributed by atoms with Gasteiger partial charge in [0.15, 0.2) is 0 Å². The van der Waals surface area contributed by atoms with Crippen LogP contribution in [0.3, 0.4) is 0 Å². The van der Waals surface area contributed by atoms with Crippen molar-refractivity contribution >= 4 is 17.4 Å². The summed E-state index contributed by atoms with van der Waals surface area (Å²) in [6.07, 6.45) is -0.412. The van der Waals surface area contributed by atoms with E-state index in [0.29, 0.717) is 6.54 Å². The number of amides is 1. The lowest BCUT2D eigenvalue weighted by molar-refractivity contribution is 0.0523. The van der Waals surface area contributed by atoms with Gasteiger partial charge in [0, 0.05) is 5.38 Å². The van der Waals surface area contributed by atoms with E-state index in [9.17, 15) is 4.79 Å². The highest BCUT2D eigenvalue weighted by molar-refractivity contribution is 7.07. The average Bonchev–Trinajstić information content (AvgIpc) is 2.49. The Morgan fingerprint density at radius 1 is 1.64 bits per heavy atom. The molecule has 5 heteroatoms. The van der Waals surface area contributed by atoms with Gasteiger partial charge in [0.2, 0.25) is 0 Å². The lowest BCUT2D eigenvalue weighted by atomic mass is 10.2.